The molecule has 1 heterocycles. The highest BCUT2D eigenvalue weighted by Gasteiger charge is 2.29. The first-order valence-corrected chi connectivity index (χ1v) is 6.35. The predicted octanol–water partition coefficient (Wildman–Crippen LogP) is 1.49. The maximum Gasteiger partial charge on any atom is 0.336 e. The van der Waals surface area contributed by atoms with Gasteiger partial charge in [-0.3, -0.25) is 4.79 Å². The molecule has 102 valence electrons. The van der Waals surface area contributed by atoms with E-state index in [9.17, 15) is 9.59 Å². The van der Waals surface area contributed by atoms with E-state index in [1.165, 1.54) is 6.07 Å². The van der Waals surface area contributed by atoms with Gasteiger partial charge in [0, 0.05) is 12.2 Å². The molecular formula is C14H18N2O3. The van der Waals surface area contributed by atoms with Gasteiger partial charge in [0.2, 0.25) is 5.91 Å². The number of carboxylic acid groups (broad SMARTS) is 1. The van der Waals surface area contributed by atoms with Crippen LogP contribution in [0.2, 0.25) is 0 Å². The van der Waals surface area contributed by atoms with E-state index in [0.717, 1.165) is 6.54 Å². The summed E-state index contributed by atoms with van der Waals surface area (Å²) in [6.07, 6.45) is 0. The van der Waals surface area contributed by atoms with Crippen LogP contribution in [0.3, 0.4) is 0 Å². The number of benzene rings is 1. The second-order valence-electron chi connectivity index (χ2n) is 5.01. The summed E-state index contributed by atoms with van der Waals surface area (Å²) in [5.41, 5.74) is 1.38. The first-order valence-electron chi connectivity index (χ1n) is 6.35. The number of carboxylic acids is 1. The van der Waals surface area contributed by atoms with Crippen LogP contribution in [0.5, 0.6) is 0 Å². The molecule has 1 aromatic rings. The zero-order valence-corrected chi connectivity index (χ0v) is 11.1. The highest BCUT2D eigenvalue weighted by molar-refractivity contribution is 5.97. The molecule has 1 fully saturated rings. The standard InChI is InChI=1S/C14H18N2O3/c1-8-6-15-7-11(8)13(17)16-12-5-3-4-10(9(12)2)14(18)19/h3-5,8,11,15H,6-7H2,1-2H3,(H,16,17)(H,18,19). The SMILES string of the molecule is Cc1c(NC(=O)C2CNCC2C)cccc1C(=O)O. The van der Waals surface area contributed by atoms with Gasteiger partial charge in [0.15, 0.2) is 0 Å². The lowest BCUT2D eigenvalue weighted by atomic mass is 9.97. The highest BCUT2D eigenvalue weighted by atomic mass is 16.4. The minimum absolute atomic E-state index is 0.0526. The highest BCUT2D eigenvalue weighted by Crippen LogP contribution is 2.22. The third-order valence-corrected chi connectivity index (χ3v) is 3.68. The van der Waals surface area contributed by atoms with Crippen molar-refractivity contribution in [2.45, 2.75) is 13.8 Å². The number of amides is 1. The third kappa shape index (κ3) is 2.76. The summed E-state index contributed by atoms with van der Waals surface area (Å²) in [5.74, 6) is -0.802. The summed E-state index contributed by atoms with van der Waals surface area (Å²) >= 11 is 0. The molecule has 1 amide bonds. The van der Waals surface area contributed by atoms with Crippen LogP contribution in [0, 0.1) is 18.8 Å². The van der Waals surface area contributed by atoms with Crippen LogP contribution in [0.1, 0.15) is 22.8 Å². The Morgan fingerprint density at radius 3 is 2.68 bits per heavy atom. The molecule has 0 radical (unpaired) electrons. The van der Waals surface area contributed by atoms with Gasteiger partial charge in [-0.25, -0.2) is 4.79 Å². The fraction of sp³-hybridized carbons (Fsp3) is 0.429. The first-order chi connectivity index (χ1) is 9.00. The van der Waals surface area contributed by atoms with E-state index in [2.05, 4.69) is 10.6 Å². The van der Waals surface area contributed by atoms with Crippen molar-refractivity contribution in [3.63, 3.8) is 0 Å². The zero-order valence-electron chi connectivity index (χ0n) is 11.1. The lowest BCUT2D eigenvalue weighted by Crippen LogP contribution is -2.28. The summed E-state index contributed by atoms with van der Waals surface area (Å²) in [6, 6.07) is 4.90. The Labute approximate surface area is 112 Å². The molecule has 1 aliphatic heterocycles. The predicted molar refractivity (Wildman–Crippen MR) is 72.3 cm³/mol. The Morgan fingerprint density at radius 2 is 2.11 bits per heavy atom. The topological polar surface area (TPSA) is 78.4 Å². The average Bonchev–Trinajstić information content (AvgIpc) is 2.77. The zero-order chi connectivity index (χ0) is 14.0. The van der Waals surface area contributed by atoms with E-state index in [1.807, 2.05) is 6.92 Å². The number of rotatable bonds is 3. The number of carbonyl (C=O) groups excluding carboxylic acids is 1. The summed E-state index contributed by atoms with van der Waals surface area (Å²) in [7, 11) is 0. The minimum atomic E-state index is -0.982. The lowest BCUT2D eigenvalue weighted by Gasteiger charge is -2.16. The third-order valence-electron chi connectivity index (χ3n) is 3.68. The van der Waals surface area contributed by atoms with Gasteiger partial charge in [0.1, 0.15) is 0 Å². The number of carbonyl (C=O) groups is 2. The molecule has 5 nitrogen and oxygen atoms in total. The van der Waals surface area contributed by atoms with Gasteiger partial charge < -0.3 is 15.7 Å². The van der Waals surface area contributed by atoms with Gasteiger partial charge in [-0.05, 0) is 37.1 Å². The summed E-state index contributed by atoms with van der Waals surface area (Å²) in [5, 5.41) is 15.1. The molecule has 3 N–H and O–H groups in total. The van der Waals surface area contributed by atoms with Crippen LogP contribution in [0.15, 0.2) is 18.2 Å². The molecular weight excluding hydrogens is 244 g/mol. The molecule has 2 unspecified atom stereocenters. The Morgan fingerprint density at radius 1 is 1.37 bits per heavy atom. The van der Waals surface area contributed by atoms with Gasteiger partial charge >= 0.3 is 5.97 Å². The molecule has 0 spiro atoms. The number of hydrogen-bond acceptors (Lipinski definition) is 3. The smallest absolute Gasteiger partial charge is 0.336 e. The summed E-state index contributed by atoms with van der Waals surface area (Å²) in [4.78, 5) is 23.2. The average molecular weight is 262 g/mol. The van der Waals surface area contributed by atoms with Gasteiger partial charge in [-0.1, -0.05) is 13.0 Å². The van der Waals surface area contributed by atoms with E-state index in [-0.39, 0.29) is 17.4 Å². The molecule has 2 rings (SSSR count). The van der Waals surface area contributed by atoms with E-state index in [4.69, 9.17) is 5.11 Å². The maximum atomic E-state index is 12.2. The molecule has 0 saturated carbocycles. The number of nitrogens with one attached hydrogen (secondary N) is 2. The van der Waals surface area contributed by atoms with E-state index >= 15 is 0 Å². The number of hydrogen-bond donors (Lipinski definition) is 3. The van der Waals surface area contributed by atoms with Crippen molar-refractivity contribution in [3.05, 3.63) is 29.3 Å². The monoisotopic (exact) mass is 262 g/mol. The lowest BCUT2D eigenvalue weighted by molar-refractivity contribution is -0.120. The molecule has 0 aromatic heterocycles. The van der Waals surface area contributed by atoms with Gasteiger partial charge in [-0.15, -0.1) is 0 Å². The van der Waals surface area contributed by atoms with E-state index in [0.29, 0.717) is 23.7 Å². The summed E-state index contributed by atoms with van der Waals surface area (Å²) < 4.78 is 0. The largest absolute Gasteiger partial charge is 0.478 e. The van der Waals surface area contributed by atoms with Gasteiger partial charge in [0.25, 0.3) is 0 Å². The van der Waals surface area contributed by atoms with Crippen LogP contribution < -0.4 is 10.6 Å². The molecule has 0 bridgehead atoms. The first kappa shape index (κ1) is 13.5. The van der Waals surface area contributed by atoms with E-state index < -0.39 is 5.97 Å². The fourth-order valence-corrected chi connectivity index (χ4v) is 2.39. The van der Waals surface area contributed by atoms with Crippen molar-refractivity contribution < 1.29 is 14.7 Å². The van der Waals surface area contributed by atoms with Crippen LogP contribution in [-0.2, 0) is 4.79 Å². The van der Waals surface area contributed by atoms with Crippen LogP contribution in [0.25, 0.3) is 0 Å². The van der Waals surface area contributed by atoms with Crippen molar-refractivity contribution in [1.29, 1.82) is 0 Å². The van der Waals surface area contributed by atoms with Crippen molar-refractivity contribution in [2.75, 3.05) is 18.4 Å². The van der Waals surface area contributed by atoms with Crippen molar-refractivity contribution in [1.82, 2.24) is 5.32 Å². The minimum Gasteiger partial charge on any atom is -0.478 e. The van der Waals surface area contributed by atoms with Crippen molar-refractivity contribution >= 4 is 17.6 Å². The van der Waals surface area contributed by atoms with Crippen LogP contribution in [0.4, 0.5) is 5.69 Å². The number of anilines is 1. The Bertz CT molecular complexity index is 513. The Balaban J connectivity index is 2.17. The van der Waals surface area contributed by atoms with E-state index in [1.54, 1.807) is 19.1 Å². The Hall–Kier alpha value is -1.88. The molecule has 1 aromatic carbocycles. The van der Waals surface area contributed by atoms with Crippen molar-refractivity contribution in [2.24, 2.45) is 11.8 Å². The molecule has 0 aliphatic carbocycles. The molecule has 19 heavy (non-hydrogen) atoms. The maximum absolute atomic E-state index is 12.2. The van der Waals surface area contributed by atoms with Crippen LogP contribution in [-0.4, -0.2) is 30.1 Å². The fourth-order valence-electron chi connectivity index (χ4n) is 2.39. The number of aromatic carboxylic acids is 1. The van der Waals surface area contributed by atoms with Crippen LogP contribution >= 0.6 is 0 Å². The molecule has 1 saturated heterocycles. The van der Waals surface area contributed by atoms with Crippen molar-refractivity contribution in [3.8, 4) is 0 Å². The normalized spacial score (nSPS) is 22.2. The quantitative estimate of drug-likeness (QED) is 0.771. The second-order valence-corrected chi connectivity index (χ2v) is 5.01. The second kappa shape index (κ2) is 5.40. The van der Waals surface area contributed by atoms with Gasteiger partial charge in [-0.2, -0.15) is 0 Å². The molecule has 5 heteroatoms. The van der Waals surface area contributed by atoms with Gasteiger partial charge in [0.05, 0.1) is 11.5 Å². The Kier molecular flexibility index (Phi) is 3.85. The molecule has 1 aliphatic rings. The molecule has 2 atom stereocenters. The summed E-state index contributed by atoms with van der Waals surface area (Å²) in [6.45, 7) is 5.25.